The average Bonchev–Trinajstić information content (AvgIpc) is 2.63. The quantitative estimate of drug-likeness (QED) is 0.311. The van der Waals surface area contributed by atoms with Crippen LogP contribution in [-0.2, 0) is 4.84 Å². The zero-order valence-corrected chi connectivity index (χ0v) is 15.8. The summed E-state index contributed by atoms with van der Waals surface area (Å²) in [5, 5.41) is 19.7. The molecule has 27 heavy (non-hydrogen) atoms. The third kappa shape index (κ3) is 5.23. The van der Waals surface area contributed by atoms with Gasteiger partial charge in [0.05, 0.1) is 39.2 Å². The molecule has 12 heteroatoms. The molecular weight excluding hydrogens is 454 g/mol. The standard InChI is InChI=1S/C15H14BrClF2N4O4/c16-9-1-6(20)3-21-14(9)22-13-8(2-10(17)11(18)12(13)19)15(26)23-27-5-7(25)4-24/h1-3,7,24-25H,4-5,20H2,(H,21,22)(H,23,26)/t7-/m1/s1. The SMILES string of the molecule is Nc1cnc(Nc2c(C(=O)NOC[C@H](O)CO)cc(Cl)c(F)c2F)c(Br)c1. The maximum atomic E-state index is 14.4. The van der Waals surface area contributed by atoms with Crippen LogP contribution >= 0.6 is 27.5 Å². The van der Waals surface area contributed by atoms with E-state index in [-0.39, 0.29) is 11.4 Å². The average molecular weight is 468 g/mol. The van der Waals surface area contributed by atoms with Crippen LogP contribution in [0.25, 0.3) is 0 Å². The molecule has 1 heterocycles. The highest BCUT2D eigenvalue weighted by Crippen LogP contribution is 2.33. The second kappa shape index (κ2) is 9.24. The Morgan fingerprint density at radius 3 is 2.74 bits per heavy atom. The third-order valence-electron chi connectivity index (χ3n) is 3.16. The van der Waals surface area contributed by atoms with Crippen molar-refractivity contribution >= 4 is 50.6 Å². The lowest BCUT2D eigenvalue weighted by Gasteiger charge is -2.15. The number of aliphatic hydroxyl groups is 2. The van der Waals surface area contributed by atoms with Gasteiger partial charge in [-0.3, -0.25) is 9.63 Å². The molecule has 0 spiro atoms. The fraction of sp³-hybridized carbons (Fsp3) is 0.200. The lowest BCUT2D eigenvalue weighted by Crippen LogP contribution is -2.30. The molecule has 0 aliphatic heterocycles. The number of nitrogen functional groups attached to an aromatic ring is 1. The number of nitrogens with one attached hydrogen (secondary N) is 2. The number of benzene rings is 1. The van der Waals surface area contributed by atoms with Gasteiger partial charge in [0.2, 0.25) is 0 Å². The number of halogens is 4. The molecule has 0 fully saturated rings. The van der Waals surface area contributed by atoms with Crippen LogP contribution in [0.3, 0.4) is 0 Å². The van der Waals surface area contributed by atoms with Crippen molar-refractivity contribution in [3.8, 4) is 0 Å². The molecule has 1 aromatic carbocycles. The summed E-state index contributed by atoms with van der Waals surface area (Å²) in [5.41, 5.74) is 6.91. The Morgan fingerprint density at radius 1 is 1.41 bits per heavy atom. The van der Waals surface area contributed by atoms with E-state index in [2.05, 4.69) is 26.2 Å². The van der Waals surface area contributed by atoms with Gasteiger partial charge in [0.1, 0.15) is 18.5 Å². The predicted molar refractivity (Wildman–Crippen MR) is 97.5 cm³/mol. The maximum absolute atomic E-state index is 14.4. The van der Waals surface area contributed by atoms with Crippen LogP contribution in [0.5, 0.6) is 0 Å². The first-order chi connectivity index (χ1) is 12.7. The van der Waals surface area contributed by atoms with E-state index in [1.807, 2.05) is 5.48 Å². The Bertz CT molecular complexity index is 859. The number of carbonyl (C=O) groups is 1. The molecule has 1 atom stereocenters. The molecule has 1 amide bonds. The van der Waals surface area contributed by atoms with E-state index in [1.54, 1.807) is 0 Å². The number of hydrogen-bond acceptors (Lipinski definition) is 7. The van der Waals surface area contributed by atoms with E-state index in [4.69, 9.17) is 27.3 Å². The Balaban J connectivity index is 2.34. The van der Waals surface area contributed by atoms with Crippen LogP contribution in [0, 0.1) is 11.6 Å². The van der Waals surface area contributed by atoms with Crippen LogP contribution in [0.15, 0.2) is 22.8 Å². The van der Waals surface area contributed by atoms with Crippen LogP contribution in [-0.4, -0.2) is 40.4 Å². The summed E-state index contributed by atoms with van der Waals surface area (Å²) < 4.78 is 28.6. The summed E-state index contributed by atoms with van der Waals surface area (Å²) in [6.07, 6.45) is 0.0440. The minimum Gasteiger partial charge on any atom is -0.397 e. The lowest BCUT2D eigenvalue weighted by atomic mass is 10.1. The van der Waals surface area contributed by atoms with Gasteiger partial charge in [-0.1, -0.05) is 11.6 Å². The molecule has 0 saturated carbocycles. The minimum absolute atomic E-state index is 0.0653. The first-order valence-electron chi connectivity index (χ1n) is 7.31. The molecule has 0 radical (unpaired) electrons. The highest BCUT2D eigenvalue weighted by Gasteiger charge is 2.23. The number of pyridine rings is 1. The van der Waals surface area contributed by atoms with E-state index in [1.165, 1.54) is 12.3 Å². The van der Waals surface area contributed by atoms with E-state index in [9.17, 15) is 18.7 Å². The monoisotopic (exact) mass is 466 g/mol. The van der Waals surface area contributed by atoms with Gasteiger partial charge in [0.25, 0.3) is 5.91 Å². The molecule has 8 nitrogen and oxygen atoms in total. The number of nitrogens with two attached hydrogens (primary N) is 1. The Morgan fingerprint density at radius 2 is 2.11 bits per heavy atom. The topological polar surface area (TPSA) is 130 Å². The molecule has 0 saturated heterocycles. The van der Waals surface area contributed by atoms with E-state index in [0.717, 1.165) is 6.07 Å². The second-order valence-electron chi connectivity index (χ2n) is 5.21. The summed E-state index contributed by atoms with van der Waals surface area (Å²) in [6, 6.07) is 2.37. The number of nitrogens with zero attached hydrogens (tertiary/aromatic N) is 1. The van der Waals surface area contributed by atoms with Crippen molar-refractivity contribution < 1.29 is 28.6 Å². The number of aromatic nitrogens is 1. The van der Waals surface area contributed by atoms with Crippen molar-refractivity contribution in [2.24, 2.45) is 0 Å². The fourth-order valence-corrected chi connectivity index (χ4v) is 2.53. The molecule has 146 valence electrons. The number of rotatable bonds is 7. The van der Waals surface area contributed by atoms with Crippen LogP contribution in [0.4, 0.5) is 26.0 Å². The largest absolute Gasteiger partial charge is 0.397 e. The van der Waals surface area contributed by atoms with Gasteiger partial charge >= 0.3 is 0 Å². The van der Waals surface area contributed by atoms with E-state index in [0.29, 0.717) is 10.2 Å². The summed E-state index contributed by atoms with van der Waals surface area (Å²) in [4.78, 5) is 20.9. The number of aliphatic hydroxyl groups excluding tert-OH is 2. The van der Waals surface area contributed by atoms with Gasteiger partial charge in [-0.05, 0) is 28.1 Å². The van der Waals surface area contributed by atoms with Gasteiger partial charge in [0, 0.05) is 0 Å². The summed E-state index contributed by atoms with van der Waals surface area (Å²) in [7, 11) is 0. The zero-order valence-electron chi connectivity index (χ0n) is 13.5. The predicted octanol–water partition coefficient (Wildman–Crippen LogP) is 2.12. The van der Waals surface area contributed by atoms with Crippen molar-refractivity contribution in [1.29, 1.82) is 0 Å². The highest BCUT2D eigenvalue weighted by molar-refractivity contribution is 9.10. The van der Waals surface area contributed by atoms with E-state index >= 15 is 0 Å². The van der Waals surface area contributed by atoms with Crippen molar-refractivity contribution in [2.45, 2.75) is 6.10 Å². The number of hydrogen-bond donors (Lipinski definition) is 5. The molecule has 0 unspecified atom stereocenters. The first-order valence-corrected chi connectivity index (χ1v) is 8.48. The van der Waals surface area contributed by atoms with Gasteiger partial charge < -0.3 is 21.3 Å². The third-order valence-corrected chi connectivity index (χ3v) is 4.04. The number of carbonyl (C=O) groups excluding carboxylic acids is 1. The maximum Gasteiger partial charge on any atom is 0.277 e. The van der Waals surface area contributed by atoms with Gasteiger partial charge in [-0.15, -0.1) is 0 Å². The Labute approximate surface area is 165 Å². The second-order valence-corrected chi connectivity index (χ2v) is 6.47. The van der Waals surface area contributed by atoms with E-state index < -0.39 is 47.6 Å². The van der Waals surface area contributed by atoms with Gasteiger partial charge in [-0.25, -0.2) is 19.2 Å². The number of hydroxylamine groups is 1. The van der Waals surface area contributed by atoms with Crippen LogP contribution in [0.1, 0.15) is 10.4 Å². The van der Waals surface area contributed by atoms with Crippen LogP contribution < -0.4 is 16.5 Å². The molecule has 2 rings (SSSR count). The van der Waals surface area contributed by atoms with Gasteiger partial charge in [0.15, 0.2) is 11.6 Å². The zero-order chi connectivity index (χ0) is 20.1. The lowest BCUT2D eigenvalue weighted by molar-refractivity contribution is -0.0295. The van der Waals surface area contributed by atoms with Crippen molar-refractivity contribution in [3.63, 3.8) is 0 Å². The minimum atomic E-state index is -1.41. The Hall–Kier alpha value is -2.05. The summed E-state index contributed by atoms with van der Waals surface area (Å²) >= 11 is 8.78. The van der Waals surface area contributed by atoms with Crippen molar-refractivity contribution in [2.75, 3.05) is 24.3 Å². The van der Waals surface area contributed by atoms with Crippen molar-refractivity contribution in [3.05, 3.63) is 45.0 Å². The Kier molecular flexibility index (Phi) is 7.27. The molecule has 0 aliphatic carbocycles. The number of anilines is 3. The van der Waals surface area contributed by atoms with Gasteiger partial charge in [-0.2, -0.15) is 0 Å². The highest BCUT2D eigenvalue weighted by atomic mass is 79.9. The first kappa shape index (κ1) is 21.3. The fourth-order valence-electron chi connectivity index (χ4n) is 1.87. The normalized spacial score (nSPS) is 11.9. The van der Waals surface area contributed by atoms with Crippen molar-refractivity contribution in [1.82, 2.24) is 10.5 Å². The van der Waals surface area contributed by atoms with Crippen LogP contribution in [0.2, 0.25) is 5.02 Å². The molecule has 0 aliphatic rings. The molecule has 6 N–H and O–H groups in total. The summed E-state index contributed by atoms with van der Waals surface area (Å²) in [6.45, 7) is -1.01. The molecular formula is C15H14BrClF2N4O4. The number of amides is 1. The molecule has 0 bridgehead atoms. The molecule has 2 aromatic rings. The summed E-state index contributed by atoms with van der Waals surface area (Å²) in [5.74, 6) is -3.68. The smallest absolute Gasteiger partial charge is 0.277 e. The molecule has 1 aromatic heterocycles.